The van der Waals surface area contributed by atoms with Gasteiger partial charge in [0.2, 0.25) is 0 Å². The maximum absolute atomic E-state index is 13.0. The lowest BCUT2D eigenvalue weighted by Gasteiger charge is -2.34. The van der Waals surface area contributed by atoms with Crippen LogP contribution >= 0.6 is 46.4 Å². The molecule has 152 valence electrons. The Balaban J connectivity index is 2.63. The summed E-state index contributed by atoms with van der Waals surface area (Å²) < 4.78 is 34.0. The van der Waals surface area contributed by atoms with Crippen molar-refractivity contribution in [1.82, 2.24) is 0 Å². The van der Waals surface area contributed by atoms with E-state index < -0.39 is 20.6 Å². The van der Waals surface area contributed by atoms with Gasteiger partial charge < -0.3 is 10.2 Å². The van der Waals surface area contributed by atoms with Gasteiger partial charge in [-0.25, -0.2) is 0 Å². The van der Waals surface area contributed by atoms with Crippen LogP contribution in [-0.2, 0) is 14.9 Å². The molecule has 0 saturated heterocycles. The van der Waals surface area contributed by atoms with Gasteiger partial charge in [-0.3, -0.25) is 4.55 Å². The summed E-state index contributed by atoms with van der Waals surface area (Å²) in [6.07, 6.45) is 0. The van der Waals surface area contributed by atoms with Crippen molar-refractivity contribution >= 4 is 56.5 Å². The number of halogens is 4. The molecule has 3 rings (SSSR count). The van der Waals surface area contributed by atoms with Crippen LogP contribution in [0.15, 0.2) is 54.6 Å². The molecule has 0 fully saturated rings. The predicted octanol–water partition coefficient (Wildman–Crippen LogP) is 5.89. The Morgan fingerprint density at radius 2 is 1.31 bits per heavy atom. The van der Waals surface area contributed by atoms with E-state index in [1.165, 1.54) is 48.5 Å². The molecule has 1 unspecified atom stereocenters. The third-order valence-corrected chi connectivity index (χ3v) is 6.90. The van der Waals surface area contributed by atoms with Crippen LogP contribution in [0.5, 0.6) is 11.5 Å². The first-order valence-corrected chi connectivity index (χ1v) is 10.8. The highest BCUT2D eigenvalue weighted by Crippen LogP contribution is 2.51. The Bertz CT molecular complexity index is 1200. The third kappa shape index (κ3) is 3.77. The molecule has 3 N–H and O–H groups in total. The van der Waals surface area contributed by atoms with Crippen molar-refractivity contribution < 1.29 is 23.2 Å². The van der Waals surface area contributed by atoms with Crippen LogP contribution in [0.4, 0.5) is 0 Å². The van der Waals surface area contributed by atoms with Crippen LogP contribution in [0.2, 0.25) is 20.1 Å². The minimum Gasteiger partial charge on any atom is -0.508 e. The van der Waals surface area contributed by atoms with Crippen molar-refractivity contribution in [3.05, 3.63) is 91.4 Å². The van der Waals surface area contributed by atoms with Gasteiger partial charge in [0.05, 0.1) is 5.02 Å². The monoisotopic (exact) mass is 492 g/mol. The number of aromatic hydroxyl groups is 2. The Morgan fingerprint density at radius 3 is 1.90 bits per heavy atom. The Morgan fingerprint density at radius 1 is 0.724 bits per heavy atom. The van der Waals surface area contributed by atoms with Gasteiger partial charge in [-0.15, -0.1) is 0 Å². The lowest BCUT2D eigenvalue weighted by atomic mass is 9.83. The van der Waals surface area contributed by atoms with Crippen molar-refractivity contribution in [1.29, 1.82) is 0 Å². The molecule has 1 atom stereocenters. The Labute approximate surface area is 186 Å². The number of benzene rings is 3. The fraction of sp³-hybridized carbons (Fsp3) is 0.0526. The van der Waals surface area contributed by atoms with Crippen molar-refractivity contribution in [3.63, 3.8) is 0 Å². The second-order valence-corrected chi connectivity index (χ2v) is 9.36. The first-order chi connectivity index (χ1) is 13.5. The zero-order chi connectivity index (χ0) is 21.6. The summed E-state index contributed by atoms with van der Waals surface area (Å²) in [5, 5.41) is 20.2. The molecule has 0 bridgehead atoms. The summed E-state index contributed by atoms with van der Waals surface area (Å²) in [5.74, 6) is -0.777. The van der Waals surface area contributed by atoms with Crippen molar-refractivity contribution in [3.8, 4) is 11.5 Å². The number of hydrogen-bond donors (Lipinski definition) is 3. The van der Waals surface area contributed by atoms with E-state index in [2.05, 4.69) is 0 Å². The molecule has 29 heavy (non-hydrogen) atoms. The van der Waals surface area contributed by atoms with Crippen LogP contribution in [0, 0.1) is 0 Å². The number of phenolic OH excluding ortho intramolecular Hbond substituents is 2. The summed E-state index contributed by atoms with van der Waals surface area (Å²) >= 11 is 24.5. The van der Waals surface area contributed by atoms with E-state index in [0.29, 0.717) is 0 Å². The highest BCUT2D eigenvalue weighted by Gasteiger charge is 2.51. The highest BCUT2D eigenvalue weighted by atomic mass is 35.5. The van der Waals surface area contributed by atoms with Gasteiger partial charge in [0.25, 0.3) is 10.1 Å². The molecule has 0 aromatic heterocycles. The number of hydrogen-bond acceptors (Lipinski definition) is 4. The molecule has 0 aliphatic rings. The Kier molecular flexibility index (Phi) is 5.98. The third-order valence-electron chi connectivity index (χ3n) is 4.38. The zero-order valence-electron chi connectivity index (χ0n) is 14.3. The van der Waals surface area contributed by atoms with E-state index in [9.17, 15) is 23.2 Å². The molecule has 0 aliphatic carbocycles. The van der Waals surface area contributed by atoms with Gasteiger partial charge in [0.15, 0.2) is 4.75 Å². The zero-order valence-corrected chi connectivity index (χ0v) is 18.1. The van der Waals surface area contributed by atoms with Crippen molar-refractivity contribution in [2.24, 2.45) is 0 Å². The first-order valence-electron chi connectivity index (χ1n) is 7.89. The topological polar surface area (TPSA) is 94.8 Å². The van der Waals surface area contributed by atoms with Crippen molar-refractivity contribution in [2.45, 2.75) is 4.75 Å². The first kappa shape index (κ1) is 22.0. The molecular weight excluding hydrogens is 482 g/mol. The number of phenols is 2. The lowest BCUT2D eigenvalue weighted by molar-refractivity contribution is 0.440. The minimum atomic E-state index is -5.10. The van der Waals surface area contributed by atoms with E-state index in [0.717, 1.165) is 6.07 Å². The predicted molar refractivity (Wildman–Crippen MR) is 114 cm³/mol. The molecule has 0 aliphatic heterocycles. The van der Waals surface area contributed by atoms with Crippen LogP contribution < -0.4 is 0 Å². The van der Waals surface area contributed by atoms with E-state index in [4.69, 9.17) is 46.4 Å². The van der Waals surface area contributed by atoms with E-state index in [1.54, 1.807) is 0 Å². The highest BCUT2D eigenvalue weighted by molar-refractivity contribution is 7.87. The second kappa shape index (κ2) is 7.87. The Hall–Kier alpha value is -1.67. The summed E-state index contributed by atoms with van der Waals surface area (Å²) in [6.45, 7) is 0. The average Bonchev–Trinajstić information content (AvgIpc) is 2.62. The lowest BCUT2D eigenvalue weighted by Crippen LogP contribution is -2.38. The quantitative estimate of drug-likeness (QED) is 0.311. The molecule has 5 nitrogen and oxygen atoms in total. The molecule has 0 heterocycles. The molecule has 0 radical (unpaired) electrons. The van der Waals surface area contributed by atoms with Crippen LogP contribution in [0.25, 0.3) is 0 Å². The van der Waals surface area contributed by atoms with Gasteiger partial charge >= 0.3 is 0 Å². The largest absolute Gasteiger partial charge is 0.508 e. The molecule has 10 heteroatoms. The van der Waals surface area contributed by atoms with Gasteiger partial charge in [-0.1, -0.05) is 58.5 Å². The maximum Gasteiger partial charge on any atom is 0.283 e. The van der Waals surface area contributed by atoms with E-state index in [-0.39, 0.29) is 42.5 Å². The molecule has 0 spiro atoms. The summed E-state index contributed by atoms with van der Waals surface area (Å²) in [5.41, 5.74) is -0.531. The van der Waals surface area contributed by atoms with Crippen LogP contribution in [-0.4, -0.2) is 23.2 Å². The van der Waals surface area contributed by atoms with Crippen LogP contribution in [0.1, 0.15) is 16.7 Å². The van der Waals surface area contributed by atoms with E-state index in [1.807, 2.05) is 0 Å². The van der Waals surface area contributed by atoms with Gasteiger partial charge in [-0.05, 0) is 48.0 Å². The van der Waals surface area contributed by atoms with Crippen molar-refractivity contribution in [2.75, 3.05) is 0 Å². The average molecular weight is 494 g/mol. The van der Waals surface area contributed by atoms with Gasteiger partial charge in [0.1, 0.15) is 11.5 Å². The molecular formula is C19H12Cl4O5S. The molecule has 3 aromatic carbocycles. The minimum absolute atomic E-state index is 0.00718. The standard InChI is InChI=1S/C19H12Cl4O5S/c20-11-3-6-16(22)14(7-11)19(29(26,27)28,10-1-4-13(24)5-2-10)15-8-12(21)9-17(23)18(15)25/h1-9,24-25H,(H,26,27,28). The molecule has 0 saturated carbocycles. The maximum atomic E-state index is 13.0. The van der Waals surface area contributed by atoms with Gasteiger partial charge in [-0.2, -0.15) is 8.42 Å². The summed E-state index contributed by atoms with van der Waals surface area (Å²) in [4.78, 5) is 0. The summed E-state index contributed by atoms with van der Waals surface area (Å²) in [7, 11) is -5.10. The van der Waals surface area contributed by atoms with E-state index >= 15 is 0 Å². The molecule has 3 aromatic rings. The second-order valence-electron chi connectivity index (χ2n) is 6.11. The summed E-state index contributed by atoms with van der Waals surface area (Å²) in [6, 6.07) is 11.4. The van der Waals surface area contributed by atoms with Crippen LogP contribution in [0.3, 0.4) is 0 Å². The SMILES string of the molecule is O=S(=O)(O)C(c1ccc(O)cc1)(c1cc(Cl)ccc1Cl)c1cc(Cl)cc(Cl)c1O. The normalized spacial score (nSPS) is 13.8. The molecule has 0 amide bonds. The fourth-order valence-electron chi connectivity index (χ4n) is 3.18. The fourth-order valence-corrected chi connectivity index (χ4v) is 5.48. The smallest absolute Gasteiger partial charge is 0.283 e. The van der Waals surface area contributed by atoms with Gasteiger partial charge in [0, 0.05) is 26.2 Å². The number of rotatable bonds is 4.